The third-order valence-corrected chi connectivity index (χ3v) is 3.70. The van der Waals surface area contributed by atoms with Gasteiger partial charge in [0.25, 0.3) is 0 Å². The van der Waals surface area contributed by atoms with E-state index in [-0.39, 0.29) is 24.3 Å². The smallest absolute Gasteiger partial charge is 0.246 e. The van der Waals surface area contributed by atoms with Crippen molar-refractivity contribution < 1.29 is 14.1 Å². The molecule has 1 aromatic carbocycles. The average molecular weight is 342 g/mol. The lowest BCUT2D eigenvalue weighted by Gasteiger charge is -2.18. The van der Waals surface area contributed by atoms with Crippen LogP contribution in [0.15, 0.2) is 47.5 Å². The van der Waals surface area contributed by atoms with Gasteiger partial charge in [-0.15, -0.1) is 0 Å². The highest BCUT2D eigenvalue weighted by molar-refractivity contribution is 5.90. The molecule has 0 bridgehead atoms. The zero-order valence-electron chi connectivity index (χ0n) is 14.4. The Bertz CT molecular complexity index is 727. The molecule has 7 nitrogen and oxygen atoms in total. The Kier molecular flexibility index (Phi) is 6.45. The third kappa shape index (κ3) is 5.00. The first-order valence-electron chi connectivity index (χ1n) is 8.12. The molecule has 132 valence electrons. The Morgan fingerprint density at radius 1 is 1.36 bits per heavy atom. The van der Waals surface area contributed by atoms with E-state index in [1.165, 1.54) is 11.0 Å². The van der Waals surface area contributed by atoms with Gasteiger partial charge in [-0.2, -0.15) is 4.98 Å². The Balaban J connectivity index is 1.89. The van der Waals surface area contributed by atoms with E-state index >= 15 is 0 Å². The number of hydrogen-bond donors (Lipinski definition) is 1. The maximum Gasteiger partial charge on any atom is 0.246 e. The molecular formula is C18H22N4O3. The first-order valence-corrected chi connectivity index (χ1v) is 8.12. The molecule has 1 atom stereocenters. The van der Waals surface area contributed by atoms with Crippen LogP contribution in [0.4, 0.5) is 0 Å². The number of nitrogens with one attached hydrogen (secondary N) is 1. The standard InChI is InChI=1S/C18H22N4O3/c1-4-16(24)22(5-2)12-15(23)19-11-13(3)18-20-17(21-25-18)14-9-7-6-8-10-14/h4,6-10,13H,1,5,11-12H2,2-3H3,(H,19,23). The van der Waals surface area contributed by atoms with Crippen molar-refractivity contribution in [2.75, 3.05) is 19.6 Å². The molecule has 0 spiro atoms. The zero-order chi connectivity index (χ0) is 18.2. The SMILES string of the molecule is C=CC(=O)N(CC)CC(=O)NCC(C)c1nc(-c2ccccc2)no1. The predicted molar refractivity (Wildman–Crippen MR) is 93.6 cm³/mol. The van der Waals surface area contributed by atoms with Gasteiger partial charge in [0.1, 0.15) is 0 Å². The molecular weight excluding hydrogens is 320 g/mol. The molecule has 0 radical (unpaired) electrons. The minimum absolute atomic E-state index is 0.00677. The van der Waals surface area contributed by atoms with Gasteiger partial charge >= 0.3 is 0 Å². The Labute approximate surface area is 146 Å². The van der Waals surface area contributed by atoms with E-state index in [2.05, 4.69) is 22.0 Å². The number of nitrogens with zero attached hydrogens (tertiary/aromatic N) is 3. The van der Waals surface area contributed by atoms with Crippen LogP contribution in [-0.2, 0) is 9.59 Å². The monoisotopic (exact) mass is 342 g/mol. The van der Waals surface area contributed by atoms with Crippen molar-refractivity contribution in [1.82, 2.24) is 20.4 Å². The molecule has 0 saturated carbocycles. The maximum absolute atomic E-state index is 12.0. The van der Waals surface area contributed by atoms with Crippen molar-refractivity contribution >= 4 is 11.8 Å². The van der Waals surface area contributed by atoms with Gasteiger partial charge in [-0.3, -0.25) is 9.59 Å². The normalized spacial score (nSPS) is 11.6. The highest BCUT2D eigenvalue weighted by Crippen LogP contribution is 2.18. The van der Waals surface area contributed by atoms with Gasteiger partial charge in [-0.1, -0.05) is 49.0 Å². The highest BCUT2D eigenvalue weighted by atomic mass is 16.5. The molecule has 0 saturated heterocycles. The summed E-state index contributed by atoms with van der Waals surface area (Å²) < 4.78 is 5.28. The number of carbonyl (C=O) groups is 2. The van der Waals surface area contributed by atoms with Crippen LogP contribution in [-0.4, -0.2) is 46.5 Å². The second-order valence-corrected chi connectivity index (χ2v) is 5.58. The fourth-order valence-corrected chi connectivity index (χ4v) is 2.20. The summed E-state index contributed by atoms with van der Waals surface area (Å²) in [6.45, 7) is 7.90. The third-order valence-electron chi connectivity index (χ3n) is 3.70. The molecule has 25 heavy (non-hydrogen) atoms. The van der Waals surface area contributed by atoms with Crippen molar-refractivity contribution in [3.63, 3.8) is 0 Å². The summed E-state index contributed by atoms with van der Waals surface area (Å²) >= 11 is 0. The maximum atomic E-state index is 12.0. The summed E-state index contributed by atoms with van der Waals surface area (Å²) in [6, 6.07) is 9.52. The van der Waals surface area contributed by atoms with Crippen LogP contribution >= 0.6 is 0 Å². The first-order chi connectivity index (χ1) is 12.0. The minimum Gasteiger partial charge on any atom is -0.354 e. The minimum atomic E-state index is -0.268. The van der Waals surface area contributed by atoms with Gasteiger partial charge in [0.2, 0.25) is 23.5 Å². The summed E-state index contributed by atoms with van der Waals surface area (Å²) in [6.07, 6.45) is 1.20. The topological polar surface area (TPSA) is 88.3 Å². The Morgan fingerprint density at radius 3 is 2.72 bits per heavy atom. The average Bonchev–Trinajstić information content (AvgIpc) is 3.14. The molecule has 1 aromatic heterocycles. The molecule has 7 heteroatoms. The van der Waals surface area contributed by atoms with Gasteiger partial charge in [0, 0.05) is 18.7 Å². The molecule has 2 amide bonds. The zero-order valence-corrected chi connectivity index (χ0v) is 14.4. The molecule has 1 unspecified atom stereocenters. The van der Waals surface area contributed by atoms with Crippen LogP contribution in [0.3, 0.4) is 0 Å². The van der Waals surface area contributed by atoms with Crippen LogP contribution in [0.25, 0.3) is 11.4 Å². The van der Waals surface area contributed by atoms with Gasteiger partial charge in [0.15, 0.2) is 0 Å². The van der Waals surface area contributed by atoms with E-state index < -0.39 is 0 Å². The fraction of sp³-hybridized carbons (Fsp3) is 0.333. The van der Waals surface area contributed by atoms with Crippen LogP contribution < -0.4 is 5.32 Å². The molecule has 0 aliphatic rings. The van der Waals surface area contributed by atoms with Gasteiger partial charge in [-0.25, -0.2) is 0 Å². The summed E-state index contributed by atoms with van der Waals surface area (Å²) in [7, 11) is 0. The molecule has 0 aliphatic heterocycles. The van der Waals surface area contributed by atoms with Crippen molar-refractivity contribution in [3.05, 3.63) is 48.9 Å². The number of likely N-dealkylation sites (N-methyl/N-ethyl adjacent to an activating group) is 1. The number of aromatic nitrogens is 2. The Hall–Kier alpha value is -2.96. The second kappa shape index (κ2) is 8.77. The van der Waals surface area contributed by atoms with E-state index in [0.717, 1.165) is 5.56 Å². The van der Waals surface area contributed by atoms with Crippen molar-refractivity contribution in [1.29, 1.82) is 0 Å². The largest absolute Gasteiger partial charge is 0.354 e. The molecule has 1 heterocycles. The predicted octanol–water partition coefficient (Wildman–Crippen LogP) is 1.99. The number of hydrogen-bond acceptors (Lipinski definition) is 5. The summed E-state index contributed by atoms with van der Waals surface area (Å²) in [5.74, 6) is 0.317. The number of amides is 2. The highest BCUT2D eigenvalue weighted by Gasteiger charge is 2.17. The van der Waals surface area contributed by atoms with Crippen LogP contribution in [0, 0.1) is 0 Å². The quantitative estimate of drug-likeness (QED) is 0.741. The fourth-order valence-electron chi connectivity index (χ4n) is 2.20. The lowest BCUT2D eigenvalue weighted by molar-refractivity contribution is -0.132. The van der Waals surface area contributed by atoms with Gasteiger partial charge in [-0.05, 0) is 13.0 Å². The molecule has 0 aliphatic carbocycles. The summed E-state index contributed by atoms with van der Waals surface area (Å²) in [4.78, 5) is 29.3. The summed E-state index contributed by atoms with van der Waals surface area (Å²) in [5, 5.41) is 6.75. The van der Waals surface area contributed by atoms with Gasteiger partial charge in [0.05, 0.1) is 12.5 Å². The lowest BCUT2D eigenvalue weighted by Crippen LogP contribution is -2.40. The van der Waals surface area contributed by atoms with Crippen LogP contribution in [0.5, 0.6) is 0 Å². The molecule has 0 fully saturated rings. The van der Waals surface area contributed by atoms with Crippen LogP contribution in [0.2, 0.25) is 0 Å². The molecule has 1 N–H and O–H groups in total. The van der Waals surface area contributed by atoms with Gasteiger partial charge < -0.3 is 14.7 Å². The Morgan fingerprint density at radius 2 is 2.08 bits per heavy atom. The molecule has 2 aromatic rings. The van der Waals surface area contributed by atoms with Crippen molar-refractivity contribution in [3.8, 4) is 11.4 Å². The molecule has 2 rings (SSSR count). The summed E-state index contributed by atoms with van der Waals surface area (Å²) in [5.41, 5.74) is 0.871. The van der Waals surface area contributed by atoms with E-state index in [1.807, 2.05) is 37.3 Å². The van der Waals surface area contributed by atoms with E-state index in [0.29, 0.717) is 24.8 Å². The van der Waals surface area contributed by atoms with E-state index in [4.69, 9.17) is 4.52 Å². The van der Waals surface area contributed by atoms with E-state index in [9.17, 15) is 9.59 Å². The first kappa shape index (κ1) is 18.4. The number of carbonyl (C=O) groups excluding carboxylic acids is 2. The van der Waals surface area contributed by atoms with E-state index in [1.54, 1.807) is 6.92 Å². The number of rotatable bonds is 8. The lowest BCUT2D eigenvalue weighted by atomic mass is 10.1. The number of benzene rings is 1. The second-order valence-electron chi connectivity index (χ2n) is 5.58. The van der Waals surface area contributed by atoms with Crippen molar-refractivity contribution in [2.45, 2.75) is 19.8 Å². The van der Waals surface area contributed by atoms with Crippen LogP contribution in [0.1, 0.15) is 25.7 Å². The van der Waals surface area contributed by atoms with Crippen molar-refractivity contribution in [2.24, 2.45) is 0 Å².